The average Bonchev–Trinajstić information content (AvgIpc) is 2.82. The molecule has 1 heterocycles. The third kappa shape index (κ3) is 3.96. The normalized spacial score (nSPS) is 24.9. The Morgan fingerprint density at radius 2 is 1.94 bits per heavy atom. The zero-order valence-electron chi connectivity index (χ0n) is 10.4. The van der Waals surface area contributed by atoms with Crippen molar-refractivity contribution in [3.8, 4) is 0 Å². The number of hydrogen-bond acceptors (Lipinski definition) is 3. The first kappa shape index (κ1) is 12.8. The van der Waals surface area contributed by atoms with Crippen LogP contribution in [0.4, 0.5) is 0 Å². The van der Waals surface area contributed by atoms with Gasteiger partial charge in [-0.15, -0.1) is 0 Å². The van der Waals surface area contributed by atoms with Crippen molar-refractivity contribution >= 4 is 5.97 Å². The van der Waals surface area contributed by atoms with E-state index in [1.165, 1.54) is 25.7 Å². The van der Waals surface area contributed by atoms with E-state index < -0.39 is 5.97 Å². The molecule has 1 unspecified atom stereocenters. The molecule has 1 aliphatic heterocycles. The molecule has 0 amide bonds. The predicted molar refractivity (Wildman–Crippen MR) is 65.0 cm³/mol. The molecular formula is C13H23NO3. The van der Waals surface area contributed by atoms with Crippen LogP contribution in [0.25, 0.3) is 0 Å². The Bertz CT molecular complexity index is 245. The van der Waals surface area contributed by atoms with Crippen LogP contribution in [0.1, 0.15) is 32.1 Å². The lowest BCUT2D eigenvalue weighted by Gasteiger charge is -2.32. The molecule has 4 heteroatoms. The molecule has 0 spiro atoms. The van der Waals surface area contributed by atoms with Gasteiger partial charge in [-0.05, 0) is 11.8 Å². The van der Waals surface area contributed by atoms with Crippen molar-refractivity contribution < 1.29 is 14.6 Å². The van der Waals surface area contributed by atoms with Crippen molar-refractivity contribution in [2.75, 3.05) is 32.8 Å². The first-order chi connectivity index (χ1) is 8.25. The molecule has 0 aromatic rings. The number of carboxylic acids is 1. The summed E-state index contributed by atoms with van der Waals surface area (Å²) in [6.45, 7) is 4.46. The molecule has 0 bridgehead atoms. The summed E-state index contributed by atoms with van der Waals surface area (Å²) in [5.41, 5.74) is 0. The first-order valence-corrected chi connectivity index (χ1v) is 6.77. The third-order valence-electron chi connectivity index (χ3n) is 4.10. The van der Waals surface area contributed by atoms with Gasteiger partial charge >= 0.3 is 5.97 Å². The molecule has 0 radical (unpaired) electrons. The van der Waals surface area contributed by atoms with E-state index in [1.54, 1.807) is 0 Å². The Balaban J connectivity index is 1.86. The number of nitrogens with zero attached hydrogens (tertiary/aromatic N) is 1. The van der Waals surface area contributed by atoms with Gasteiger partial charge in [0.05, 0.1) is 13.2 Å². The monoisotopic (exact) mass is 241 g/mol. The predicted octanol–water partition coefficient (Wildman–Crippen LogP) is 1.60. The van der Waals surface area contributed by atoms with Gasteiger partial charge in [0, 0.05) is 26.1 Å². The summed E-state index contributed by atoms with van der Waals surface area (Å²) in [6.07, 6.45) is 5.35. The minimum Gasteiger partial charge on any atom is -0.481 e. The Morgan fingerprint density at radius 3 is 2.53 bits per heavy atom. The van der Waals surface area contributed by atoms with Crippen LogP contribution < -0.4 is 0 Å². The molecule has 0 aromatic carbocycles. The second-order valence-corrected chi connectivity index (χ2v) is 5.32. The van der Waals surface area contributed by atoms with Crippen molar-refractivity contribution in [1.29, 1.82) is 0 Å². The van der Waals surface area contributed by atoms with E-state index in [0.717, 1.165) is 32.8 Å². The van der Waals surface area contributed by atoms with Crippen LogP contribution in [0.2, 0.25) is 0 Å². The topological polar surface area (TPSA) is 49.8 Å². The second kappa shape index (κ2) is 6.36. The highest BCUT2D eigenvalue weighted by molar-refractivity contribution is 5.67. The van der Waals surface area contributed by atoms with Gasteiger partial charge in [-0.2, -0.15) is 0 Å². The highest BCUT2D eigenvalue weighted by Gasteiger charge is 2.28. The fraction of sp³-hybridized carbons (Fsp3) is 0.923. The van der Waals surface area contributed by atoms with E-state index in [1.807, 2.05) is 0 Å². The Morgan fingerprint density at radius 1 is 1.29 bits per heavy atom. The Hall–Kier alpha value is -0.610. The standard InChI is InChI=1S/C13H23NO3/c15-13(16)9-12(11-3-1-2-4-11)10-14-5-7-17-8-6-14/h11-12H,1-10H2,(H,15,16). The first-order valence-electron chi connectivity index (χ1n) is 6.77. The maximum atomic E-state index is 11.0. The van der Waals surface area contributed by atoms with Crippen LogP contribution in [0.15, 0.2) is 0 Å². The van der Waals surface area contributed by atoms with E-state index in [4.69, 9.17) is 9.84 Å². The lowest BCUT2D eigenvalue weighted by molar-refractivity contribution is -0.138. The zero-order chi connectivity index (χ0) is 12.1. The summed E-state index contributed by atoms with van der Waals surface area (Å²) in [4.78, 5) is 13.3. The van der Waals surface area contributed by atoms with E-state index in [-0.39, 0.29) is 0 Å². The molecule has 2 fully saturated rings. The van der Waals surface area contributed by atoms with Crippen molar-refractivity contribution in [2.45, 2.75) is 32.1 Å². The minimum absolute atomic E-state index is 0.335. The SMILES string of the molecule is O=C(O)CC(CN1CCOCC1)C1CCCC1. The smallest absolute Gasteiger partial charge is 0.303 e. The largest absolute Gasteiger partial charge is 0.481 e. The number of carbonyl (C=O) groups is 1. The molecule has 17 heavy (non-hydrogen) atoms. The summed E-state index contributed by atoms with van der Waals surface area (Å²) in [5, 5.41) is 9.03. The van der Waals surface area contributed by atoms with Gasteiger partial charge in [0.25, 0.3) is 0 Å². The Kier molecular flexibility index (Phi) is 4.80. The number of aliphatic carboxylic acids is 1. The minimum atomic E-state index is -0.643. The zero-order valence-corrected chi connectivity index (χ0v) is 10.4. The van der Waals surface area contributed by atoms with Crippen LogP contribution in [-0.4, -0.2) is 48.8 Å². The maximum absolute atomic E-state index is 11.0. The van der Waals surface area contributed by atoms with Crippen molar-refractivity contribution in [1.82, 2.24) is 4.90 Å². The van der Waals surface area contributed by atoms with Crippen LogP contribution in [-0.2, 0) is 9.53 Å². The average molecular weight is 241 g/mol. The summed E-state index contributed by atoms with van der Waals surface area (Å²) >= 11 is 0. The van der Waals surface area contributed by atoms with E-state index in [9.17, 15) is 4.79 Å². The molecule has 1 saturated heterocycles. The van der Waals surface area contributed by atoms with Crippen molar-refractivity contribution in [3.63, 3.8) is 0 Å². The lowest BCUT2D eigenvalue weighted by Crippen LogP contribution is -2.41. The highest BCUT2D eigenvalue weighted by atomic mass is 16.5. The van der Waals surface area contributed by atoms with Crippen LogP contribution in [0.5, 0.6) is 0 Å². The van der Waals surface area contributed by atoms with Crippen LogP contribution in [0, 0.1) is 11.8 Å². The van der Waals surface area contributed by atoms with Crippen molar-refractivity contribution in [2.24, 2.45) is 11.8 Å². The molecular weight excluding hydrogens is 218 g/mol. The number of hydrogen-bond donors (Lipinski definition) is 1. The maximum Gasteiger partial charge on any atom is 0.303 e. The third-order valence-corrected chi connectivity index (χ3v) is 4.10. The number of morpholine rings is 1. The summed E-state index contributed by atoms with van der Waals surface area (Å²) < 4.78 is 5.33. The summed E-state index contributed by atoms with van der Waals surface area (Å²) in [5.74, 6) is 0.331. The van der Waals surface area contributed by atoms with Crippen molar-refractivity contribution in [3.05, 3.63) is 0 Å². The van der Waals surface area contributed by atoms with E-state index >= 15 is 0 Å². The van der Waals surface area contributed by atoms with Gasteiger partial charge < -0.3 is 9.84 Å². The second-order valence-electron chi connectivity index (χ2n) is 5.32. The fourth-order valence-corrected chi connectivity index (χ4v) is 3.15. The molecule has 1 atom stereocenters. The van der Waals surface area contributed by atoms with E-state index in [2.05, 4.69) is 4.90 Å². The van der Waals surface area contributed by atoms with Gasteiger partial charge in [-0.3, -0.25) is 9.69 Å². The van der Waals surface area contributed by atoms with E-state index in [0.29, 0.717) is 18.3 Å². The molecule has 98 valence electrons. The fourth-order valence-electron chi connectivity index (χ4n) is 3.15. The molecule has 1 saturated carbocycles. The van der Waals surface area contributed by atoms with Gasteiger partial charge in [-0.25, -0.2) is 0 Å². The Labute approximate surface area is 103 Å². The molecule has 2 aliphatic rings. The molecule has 1 aliphatic carbocycles. The van der Waals surface area contributed by atoms with Gasteiger partial charge in [0.2, 0.25) is 0 Å². The van der Waals surface area contributed by atoms with Gasteiger partial charge in [0.15, 0.2) is 0 Å². The summed E-state index contributed by atoms with van der Waals surface area (Å²) in [7, 11) is 0. The lowest BCUT2D eigenvalue weighted by atomic mass is 9.87. The number of carboxylic acid groups (broad SMARTS) is 1. The highest BCUT2D eigenvalue weighted by Crippen LogP contribution is 2.33. The molecule has 2 rings (SSSR count). The molecule has 0 aromatic heterocycles. The number of rotatable bonds is 5. The molecule has 4 nitrogen and oxygen atoms in total. The summed E-state index contributed by atoms with van der Waals surface area (Å²) in [6, 6.07) is 0. The van der Waals surface area contributed by atoms with Gasteiger partial charge in [0.1, 0.15) is 0 Å². The quantitative estimate of drug-likeness (QED) is 0.794. The van der Waals surface area contributed by atoms with Gasteiger partial charge in [-0.1, -0.05) is 25.7 Å². The van der Waals surface area contributed by atoms with Crippen LogP contribution in [0.3, 0.4) is 0 Å². The molecule has 1 N–H and O–H groups in total. The van der Waals surface area contributed by atoms with Crippen LogP contribution >= 0.6 is 0 Å². The number of ether oxygens (including phenoxy) is 1.